The van der Waals surface area contributed by atoms with Crippen LogP contribution in [0.4, 0.5) is 0 Å². The maximum atomic E-state index is 9.14. The molecular weight excluding hydrogens is 1220 g/mol. The first-order valence-corrected chi connectivity index (χ1v) is 35.9. The molecule has 0 bridgehead atoms. The van der Waals surface area contributed by atoms with Gasteiger partial charge in [0.2, 0.25) is 0 Å². The van der Waals surface area contributed by atoms with E-state index in [-0.39, 0.29) is 0 Å². The topological polar surface area (TPSA) is 47.6 Å². The van der Waals surface area contributed by atoms with Gasteiger partial charge in [-0.2, -0.15) is 0 Å². The Morgan fingerprint density at radius 3 is 1.09 bits per heavy atom. The molecule has 43 heavy (non-hydrogen) atoms. The molecule has 0 atom stereocenters. The van der Waals surface area contributed by atoms with Crippen molar-refractivity contribution in [1.82, 2.24) is 0 Å². The fourth-order valence-electron chi connectivity index (χ4n) is 3.44. The predicted molar refractivity (Wildman–Crippen MR) is 212 cm³/mol. The SMILES string of the molecule is N#CCC[Se]C1=C([Se]CCC[Se]C2=C([Se]CCC#N)SC(=C3SC4=C(S3)[Se]CC[Se]4)S2)SC(=C2SC3=C(S2)[Se]CC[Se]3)S1. The number of hydrogen-bond donors (Lipinski definition) is 0. The van der Waals surface area contributed by atoms with Crippen LogP contribution < -0.4 is 0 Å². The van der Waals surface area contributed by atoms with Crippen molar-refractivity contribution in [2.24, 2.45) is 0 Å². The Morgan fingerprint density at radius 1 is 0.465 bits per heavy atom. The molecule has 0 saturated heterocycles. The van der Waals surface area contributed by atoms with Gasteiger partial charge in [-0.3, -0.25) is 0 Å². The van der Waals surface area contributed by atoms with E-state index in [2.05, 4.69) is 106 Å². The molecular formula is C25H22N2S8Se8. The predicted octanol–water partition coefficient (Wildman–Crippen LogP) is 8.89. The van der Waals surface area contributed by atoms with Crippen LogP contribution in [0.2, 0.25) is 42.6 Å². The van der Waals surface area contributed by atoms with Gasteiger partial charge in [0.05, 0.1) is 0 Å². The molecule has 18 heteroatoms. The summed E-state index contributed by atoms with van der Waals surface area (Å²) in [5.41, 5.74) is 0. The van der Waals surface area contributed by atoms with Crippen molar-refractivity contribution in [3.63, 3.8) is 0 Å². The van der Waals surface area contributed by atoms with Crippen molar-refractivity contribution in [2.75, 3.05) is 0 Å². The number of nitriles is 2. The Labute approximate surface area is 339 Å². The molecule has 6 aliphatic rings. The van der Waals surface area contributed by atoms with Crippen LogP contribution in [0.25, 0.3) is 0 Å². The van der Waals surface area contributed by atoms with Crippen LogP contribution in [-0.4, -0.2) is 120 Å². The summed E-state index contributed by atoms with van der Waals surface area (Å²) in [5, 5.41) is 28.9. The number of rotatable bonds is 12. The monoisotopic (exact) mass is 1250 g/mol. The van der Waals surface area contributed by atoms with Crippen LogP contribution in [-0.2, 0) is 0 Å². The fourth-order valence-corrected chi connectivity index (χ4v) is 47.8. The van der Waals surface area contributed by atoms with E-state index in [0.717, 1.165) is 70.5 Å². The summed E-state index contributed by atoms with van der Waals surface area (Å²) >= 11 is 21.8. The molecule has 0 spiro atoms. The molecule has 0 aromatic heterocycles. The quantitative estimate of drug-likeness (QED) is 0.140. The molecule has 0 aliphatic carbocycles. The zero-order chi connectivity index (χ0) is 29.4. The minimum absolute atomic E-state index is 0.449. The third kappa shape index (κ3) is 10.7. The van der Waals surface area contributed by atoms with Crippen LogP contribution in [0.3, 0.4) is 0 Å². The van der Waals surface area contributed by atoms with E-state index < -0.39 is 0 Å². The van der Waals surface area contributed by atoms with Crippen LogP contribution in [0.5, 0.6) is 0 Å². The summed E-state index contributed by atoms with van der Waals surface area (Å²) in [6.07, 6.45) is 2.74. The normalized spacial score (nSPS) is 22.3. The van der Waals surface area contributed by atoms with E-state index in [1.54, 1.807) is 47.4 Å². The second-order valence-electron chi connectivity index (χ2n) is 8.22. The van der Waals surface area contributed by atoms with Crippen molar-refractivity contribution in [3.8, 4) is 12.1 Å². The molecule has 6 heterocycles. The van der Waals surface area contributed by atoms with E-state index in [1.165, 1.54) is 38.3 Å². The Bertz CT molecular complexity index is 1270. The zero-order valence-electron chi connectivity index (χ0n) is 22.2. The van der Waals surface area contributed by atoms with Crippen molar-refractivity contribution in [2.45, 2.75) is 61.8 Å². The summed E-state index contributed by atoms with van der Waals surface area (Å²) in [7, 11) is 0. The fraction of sp³-hybridized carbons (Fsp3) is 0.440. The molecule has 2 nitrogen and oxygen atoms in total. The zero-order valence-corrected chi connectivity index (χ0v) is 42.4. The molecule has 0 N–H and O–H groups in total. The van der Waals surface area contributed by atoms with Gasteiger partial charge < -0.3 is 0 Å². The van der Waals surface area contributed by atoms with Crippen LogP contribution in [0, 0.1) is 22.7 Å². The van der Waals surface area contributed by atoms with Crippen molar-refractivity contribution >= 4 is 214 Å². The molecule has 0 aromatic carbocycles. The molecule has 0 unspecified atom stereocenters. The first-order valence-electron chi connectivity index (χ1n) is 12.9. The summed E-state index contributed by atoms with van der Waals surface area (Å²) in [6, 6.07) is 4.76. The van der Waals surface area contributed by atoms with Crippen molar-refractivity contribution < 1.29 is 0 Å². The molecule has 0 amide bonds. The summed E-state index contributed by atoms with van der Waals surface area (Å²) in [5.74, 6) is 0. The molecule has 0 saturated carbocycles. The van der Waals surface area contributed by atoms with Gasteiger partial charge in [-0.15, -0.1) is 0 Å². The van der Waals surface area contributed by atoms with Crippen LogP contribution in [0.15, 0.2) is 47.4 Å². The number of thioether (sulfide) groups is 8. The van der Waals surface area contributed by atoms with E-state index >= 15 is 0 Å². The standard InChI is InChI=1S/C25H22N2S8Se8/c26-4-1-6-36-18-20(30-14(28-18)16-32-22-23(33-16)41-11-10-40-22)38-8-3-9-39-21-19(37-7-2-5-27)29-15(31-21)17-34-24-25(35-17)43-13-12-42-24/h1-3,6-13H2. The maximum absolute atomic E-state index is 9.14. The van der Waals surface area contributed by atoms with Crippen LogP contribution in [0.1, 0.15) is 19.3 Å². The van der Waals surface area contributed by atoms with Gasteiger partial charge in [-0.25, -0.2) is 0 Å². The van der Waals surface area contributed by atoms with Gasteiger partial charge in [0.15, 0.2) is 0 Å². The Balaban J connectivity index is 1.02. The second-order valence-corrected chi connectivity index (χ2v) is 40.6. The van der Waals surface area contributed by atoms with Gasteiger partial charge in [0.25, 0.3) is 0 Å². The number of nitrogens with zero attached hydrogens (tertiary/aromatic N) is 2. The Kier molecular flexibility index (Phi) is 17.1. The van der Waals surface area contributed by atoms with E-state index in [9.17, 15) is 0 Å². The first kappa shape index (κ1) is 37.1. The third-order valence-corrected chi connectivity index (χ3v) is 46.7. The van der Waals surface area contributed by atoms with Gasteiger partial charge >= 0.3 is 346 Å². The molecule has 0 fully saturated rings. The van der Waals surface area contributed by atoms with Crippen molar-refractivity contribution in [3.05, 3.63) is 47.4 Å². The number of hydrogen-bond acceptors (Lipinski definition) is 10. The summed E-state index contributed by atoms with van der Waals surface area (Å²) < 4.78 is 20.0. The average molecular weight is 1240 g/mol. The van der Waals surface area contributed by atoms with Gasteiger partial charge in [0.1, 0.15) is 0 Å². The van der Waals surface area contributed by atoms with E-state index in [1.807, 2.05) is 0 Å². The van der Waals surface area contributed by atoms with Gasteiger partial charge in [-0.05, 0) is 0 Å². The Morgan fingerprint density at radius 2 is 0.767 bits per heavy atom. The molecule has 6 rings (SSSR count). The summed E-state index contributed by atoms with van der Waals surface area (Å²) in [4.78, 5) is 0. The average Bonchev–Trinajstić information content (AvgIpc) is 3.81. The minimum atomic E-state index is 0.449. The molecule has 0 radical (unpaired) electrons. The second kappa shape index (κ2) is 19.8. The summed E-state index contributed by atoms with van der Waals surface area (Å²) in [6.45, 7) is 0. The molecule has 228 valence electrons. The third-order valence-electron chi connectivity index (χ3n) is 5.23. The van der Waals surface area contributed by atoms with Crippen LogP contribution >= 0.6 is 94.1 Å². The van der Waals surface area contributed by atoms with Gasteiger partial charge in [0, 0.05) is 0 Å². The van der Waals surface area contributed by atoms with Crippen molar-refractivity contribution in [1.29, 1.82) is 10.5 Å². The van der Waals surface area contributed by atoms with Gasteiger partial charge in [-0.1, -0.05) is 0 Å². The molecule has 0 aromatic rings. The Hall–Kier alpha value is 4.38. The van der Waals surface area contributed by atoms with E-state index in [0.29, 0.717) is 72.7 Å². The van der Waals surface area contributed by atoms with E-state index in [4.69, 9.17) is 10.5 Å². The first-order chi connectivity index (χ1) is 21.2. The molecule has 6 aliphatic heterocycles.